The fourth-order valence-corrected chi connectivity index (χ4v) is 2.54. The van der Waals surface area contributed by atoms with Crippen molar-refractivity contribution in [1.29, 1.82) is 0 Å². The lowest BCUT2D eigenvalue weighted by Gasteiger charge is -2.10. The standard InChI is InChI=1S/C12H11ClN2O2S/c1-8-6-14-12(18-7-11(16)17)15(8)10-5-3-2-4-9(10)13/h2-6H,7H2,1H3,(H,16,17). The van der Waals surface area contributed by atoms with Crippen LogP contribution < -0.4 is 0 Å². The van der Waals surface area contributed by atoms with Crippen molar-refractivity contribution in [1.82, 2.24) is 9.55 Å². The van der Waals surface area contributed by atoms with Gasteiger partial charge >= 0.3 is 5.97 Å². The van der Waals surface area contributed by atoms with Gasteiger partial charge in [-0.05, 0) is 19.1 Å². The van der Waals surface area contributed by atoms with Crippen LogP contribution in [0.4, 0.5) is 0 Å². The molecule has 18 heavy (non-hydrogen) atoms. The highest BCUT2D eigenvalue weighted by molar-refractivity contribution is 7.99. The predicted molar refractivity (Wildman–Crippen MR) is 71.7 cm³/mol. The molecule has 1 aromatic carbocycles. The third kappa shape index (κ3) is 2.68. The first-order chi connectivity index (χ1) is 8.59. The minimum atomic E-state index is -0.869. The highest BCUT2D eigenvalue weighted by Crippen LogP contribution is 2.27. The number of benzene rings is 1. The maximum absolute atomic E-state index is 10.6. The van der Waals surface area contributed by atoms with Crippen LogP contribution in [-0.2, 0) is 4.79 Å². The third-order valence-electron chi connectivity index (χ3n) is 2.32. The largest absolute Gasteiger partial charge is 0.481 e. The molecule has 1 aromatic heterocycles. The number of nitrogens with zero attached hydrogens (tertiary/aromatic N) is 2. The van der Waals surface area contributed by atoms with Crippen molar-refractivity contribution in [3.8, 4) is 5.69 Å². The Morgan fingerprint density at radius 3 is 2.89 bits per heavy atom. The first kappa shape index (κ1) is 13.0. The Bertz CT molecular complexity index is 583. The van der Waals surface area contributed by atoms with Gasteiger partial charge in [-0.25, -0.2) is 4.98 Å². The second-order valence-corrected chi connectivity index (χ2v) is 5.00. The Labute approximate surface area is 114 Å². The van der Waals surface area contributed by atoms with Gasteiger partial charge in [0.2, 0.25) is 0 Å². The van der Waals surface area contributed by atoms with Gasteiger partial charge < -0.3 is 5.11 Å². The lowest BCUT2D eigenvalue weighted by atomic mass is 10.3. The van der Waals surface area contributed by atoms with Crippen molar-refractivity contribution in [2.75, 3.05) is 5.75 Å². The SMILES string of the molecule is Cc1cnc(SCC(=O)O)n1-c1ccccc1Cl. The minimum absolute atomic E-state index is 0.0269. The number of rotatable bonds is 4. The number of aromatic nitrogens is 2. The van der Waals surface area contributed by atoms with Crippen molar-refractivity contribution >= 4 is 29.3 Å². The molecule has 0 spiro atoms. The van der Waals surface area contributed by atoms with Gasteiger partial charge in [0.25, 0.3) is 0 Å². The summed E-state index contributed by atoms with van der Waals surface area (Å²) in [6, 6.07) is 7.40. The molecule has 1 heterocycles. The Hall–Kier alpha value is -1.46. The summed E-state index contributed by atoms with van der Waals surface area (Å²) < 4.78 is 1.86. The Kier molecular flexibility index (Phi) is 3.93. The number of aliphatic carboxylic acids is 1. The molecule has 0 aliphatic rings. The molecule has 0 aliphatic heterocycles. The molecule has 0 bridgehead atoms. The highest BCUT2D eigenvalue weighted by atomic mass is 35.5. The molecule has 6 heteroatoms. The fourth-order valence-electron chi connectivity index (χ4n) is 1.57. The van der Waals surface area contributed by atoms with E-state index in [9.17, 15) is 4.79 Å². The number of aryl methyl sites for hydroxylation is 1. The summed E-state index contributed by atoms with van der Waals surface area (Å²) in [6.45, 7) is 1.90. The van der Waals surface area contributed by atoms with Crippen LogP contribution in [0.3, 0.4) is 0 Å². The number of hydrogen-bond donors (Lipinski definition) is 1. The summed E-state index contributed by atoms with van der Waals surface area (Å²) in [5.41, 5.74) is 1.72. The summed E-state index contributed by atoms with van der Waals surface area (Å²) in [5.74, 6) is -0.896. The molecule has 94 valence electrons. The molecule has 0 saturated heterocycles. The minimum Gasteiger partial charge on any atom is -0.481 e. The summed E-state index contributed by atoms with van der Waals surface area (Å²) >= 11 is 7.32. The molecule has 0 unspecified atom stereocenters. The lowest BCUT2D eigenvalue weighted by Crippen LogP contribution is -2.03. The number of carbonyl (C=O) groups is 1. The second kappa shape index (κ2) is 5.46. The number of hydrogen-bond acceptors (Lipinski definition) is 3. The van der Waals surface area contributed by atoms with E-state index in [4.69, 9.17) is 16.7 Å². The maximum atomic E-state index is 10.6. The Morgan fingerprint density at radius 2 is 2.22 bits per heavy atom. The van der Waals surface area contributed by atoms with E-state index in [1.54, 1.807) is 12.3 Å². The Balaban J connectivity index is 2.41. The number of carboxylic acid groups (broad SMARTS) is 1. The van der Waals surface area contributed by atoms with Crippen LogP contribution in [0.15, 0.2) is 35.6 Å². The Morgan fingerprint density at radius 1 is 1.50 bits per heavy atom. The van der Waals surface area contributed by atoms with Crippen LogP contribution in [0.2, 0.25) is 5.02 Å². The van der Waals surface area contributed by atoms with Crippen molar-refractivity contribution in [3.05, 3.63) is 41.2 Å². The number of para-hydroxylation sites is 1. The predicted octanol–water partition coefficient (Wildman–Crippen LogP) is 3.01. The molecule has 0 atom stereocenters. The zero-order valence-corrected chi connectivity index (χ0v) is 11.2. The van der Waals surface area contributed by atoms with Gasteiger partial charge in [0.05, 0.1) is 16.5 Å². The number of halogens is 1. The van der Waals surface area contributed by atoms with Gasteiger partial charge in [-0.1, -0.05) is 35.5 Å². The summed E-state index contributed by atoms with van der Waals surface area (Å²) in [7, 11) is 0. The zero-order chi connectivity index (χ0) is 13.1. The monoisotopic (exact) mass is 282 g/mol. The lowest BCUT2D eigenvalue weighted by molar-refractivity contribution is -0.133. The molecule has 0 saturated carbocycles. The molecule has 0 radical (unpaired) electrons. The van der Waals surface area contributed by atoms with E-state index in [1.165, 1.54) is 11.8 Å². The zero-order valence-electron chi connectivity index (χ0n) is 9.63. The third-order valence-corrected chi connectivity index (χ3v) is 3.58. The van der Waals surface area contributed by atoms with Gasteiger partial charge in [0, 0.05) is 11.9 Å². The van der Waals surface area contributed by atoms with E-state index in [0.717, 1.165) is 11.4 Å². The smallest absolute Gasteiger partial charge is 0.313 e. The molecule has 2 aromatic rings. The first-order valence-corrected chi connectivity index (χ1v) is 6.60. The van der Waals surface area contributed by atoms with Crippen molar-refractivity contribution in [3.63, 3.8) is 0 Å². The fraction of sp³-hybridized carbons (Fsp3) is 0.167. The molecular weight excluding hydrogens is 272 g/mol. The number of carboxylic acids is 1. The van der Waals surface area contributed by atoms with Crippen LogP contribution in [0, 0.1) is 6.92 Å². The van der Waals surface area contributed by atoms with E-state index in [2.05, 4.69) is 4.98 Å². The summed E-state index contributed by atoms with van der Waals surface area (Å²) in [4.78, 5) is 14.8. The quantitative estimate of drug-likeness (QED) is 0.876. The molecule has 1 N–H and O–H groups in total. The molecular formula is C12H11ClN2O2S. The molecule has 0 aliphatic carbocycles. The van der Waals surface area contributed by atoms with Crippen LogP contribution in [0.5, 0.6) is 0 Å². The molecule has 2 rings (SSSR count). The van der Waals surface area contributed by atoms with E-state index in [0.29, 0.717) is 10.2 Å². The van der Waals surface area contributed by atoms with Crippen LogP contribution in [0.1, 0.15) is 5.69 Å². The van der Waals surface area contributed by atoms with Crippen LogP contribution >= 0.6 is 23.4 Å². The van der Waals surface area contributed by atoms with Crippen LogP contribution in [-0.4, -0.2) is 26.4 Å². The average Bonchev–Trinajstić information content (AvgIpc) is 2.69. The van der Waals surface area contributed by atoms with Crippen molar-refractivity contribution in [2.45, 2.75) is 12.1 Å². The molecule has 0 amide bonds. The van der Waals surface area contributed by atoms with Crippen molar-refractivity contribution < 1.29 is 9.90 Å². The topological polar surface area (TPSA) is 55.1 Å². The van der Waals surface area contributed by atoms with Gasteiger partial charge in [0.1, 0.15) is 0 Å². The number of imidazole rings is 1. The maximum Gasteiger partial charge on any atom is 0.313 e. The van der Waals surface area contributed by atoms with Gasteiger partial charge in [-0.15, -0.1) is 0 Å². The molecule has 4 nitrogen and oxygen atoms in total. The van der Waals surface area contributed by atoms with E-state index in [-0.39, 0.29) is 5.75 Å². The van der Waals surface area contributed by atoms with Gasteiger partial charge in [0.15, 0.2) is 5.16 Å². The van der Waals surface area contributed by atoms with Crippen LogP contribution in [0.25, 0.3) is 5.69 Å². The van der Waals surface area contributed by atoms with E-state index < -0.39 is 5.97 Å². The summed E-state index contributed by atoms with van der Waals surface area (Å²) in [6.07, 6.45) is 1.70. The molecule has 0 fully saturated rings. The highest BCUT2D eigenvalue weighted by Gasteiger charge is 2.13. The van der Waals surface area contributed by atoms with Crippen molar-refractivity contribution in [2.24, 2.45) is 0 Å². The van der Waals surface area contributed by atoms with Gasteiger partial charge in [-0.2, -0.15) is 0 Å². The van der Waals surface area contributed by atoms with Gasteiger partial charge in [-0.3, -0.25) is 9.36 Å². The summed E-state index contributed by atoms with van der Waals surface area (Å²) in [5, 5.41) is 9.95. The number of thioether (sulfide) groups is 1. The second-order valence-electron chi connectivity index (χ2n) is 3.65. The first-order valence-electron chi connectivity index (χ1n) is 5.23. The average molecular weight is 283 g/mol. The van der Waals surface area contributed by atoms with E-state index in [1.807, 2.05) is 29.7 Å². The van der Waals surface area contributed by atoms with E-state index >= 15 is 0 Å². The normalized spacial score (nSPS) is 10.6.